The lowest BCUT2D eigenvalue weighted by Crippen LogP contribution is -2.29. The summed E-state index contributed by atoms with van der Waals surface area (Å²) in [7, 11) is 0. The van der Waals surface area contributed by atoms with Crippen LogP contribution in [0.2, 0.25) is 0 Å². The number of amides is 2. The van der Waals surface area contributed by atoms with Gasteiger partial charge in [0.2, 0.25) is 11.8 Å². The fraction of sp³-hybridized carbons (Fsp3) is 0.905. The third-order valence-electron chi connectivity index (χ3n) is 4.30. The third-order valence-corrected chi connectivity index (χ3v) is 4.30. The molecule has 0 spiro atoms. The van der Waals surface area contributed by atoms with Crippen molar-refractivity contribution >= 4 is 11.8 Å². The summed E-state index contributed by atoms with van der Waals surface area (Å²) in [5, 5.41) is 5.71. The van der Waals surface area contributed by atoms with Crippen LogP contribution in [0.3, 0.4) is 0 Å². The highest BCUT2D eigenvalue weighted by atomic mass is 16.5. The van der Waals surface area contributed by atoms with E-state index in [1.807, 2.05) is 6.92 Å². The van der Waals surface area contributed by atoms with Crippen molar-refractivity contribution in [1.82, 2.24) is 10.6 Å². The Morgan fingerprint density at radius 3 is 1.85 bits per heavy atom. The summed E-state index contributed by atoms with van der Waals surface area (Å²) in [4.78, 5) is 23.4. The zero-order valence-corrected chi connectivity index (χ0v) is 17.7. The molecule has 6 heteroatoms. The molecule has 0 rings (SSSR count). The summed E-state index contributed by atoms with van der Waals surface area (Å²) in [6, 6.07) is 0. The average molecular weight is 387 g/mol. The fourth-order valence-corrected chi connectivity index (χ4v) is 2.70. The lowest BCUT2D eigenvalue weighted by Gasteiger charge is -2.07. The maximum absolute atomic E-state index is 11.7. The smallest absolute Gasteiger partial charge is 0.220 e. The Labute approximate surface area is 166 Å². The number of carbonyl (C=O) groups is 2. The van der Waals surface area contributed by atoms with E-state index in [0.29, 0.717) is 58.8 Å². The molecule has 0 saturated heterocycles. The highest BCUT2D eigenvalue weighted by Crippen LogP contribution is 2.09. The molecule has 0 unspecified atom stereocenters. The van der Waals surface area contributed by atoms with E-state index < -0.39 is 0 Å². The van der Waals surface area contributed by atoms with Gasteiger partial charge in [-0.1, -0.05) is 51.9 Å². The highest BCUT2D eigenvalue weighted by Gasteiger charge is 2.03. The Balaban J connectivity index is 3.30. The molecular weight excluding hydrogens is 344 g/mol. The molecule has 0 aliphatic rings. The van der Waals surface area contributed by atoms with Gasteiger partial charge in [-0.25, -0.2) is 0 Å². The predicted molar refractivity (Wildman–Crippen MR) is 110 cm³/mol. The first-order valence-corrected chi connectivity index (χ1v) is 10.9. The average Bonchev–Trinajstić information content (AvgIpc) is 2.66. The van der Waals surface area contributed by atoms with E-state index in [-0.39, 0.29) is 11.8 Å². The number of carbonyl (C=O) groups excluding carboxylic acids is 2. The maximum atomic E-state index is 11.7. The third kappa shape index (κ3) is 21.0. The fourth-order valence-electron chi connectivity index (χ4n) is 2.70. The normalized spacial score (nSPS) is 10.7. The van der Waals surface area contributed by atoms with Gasteiger partial charge in [-0.2, -0.15) is 0 Å². The van der Waals surface area contributed by atoms with Gasteiger partial charge in [0.1, 0.15) is 0 Å². The molecule has 0 aliphatic heterocycles. The van der Waals surface area contributed by atoms with Crippen LogP contribution in [-0.4, -0.2) is 51.3 Å². The standard InChI is InChI=1S/C21H42N2O4/c1-3-5-6-7-8-9-10-11-13-20(24)22-15-12-14-21(25)23-16-17-27-19-18-26-4-2/h3-19H2,1-2H3,(H,22,24)(H,23,25). The molecule has 0 aromatic heterocycles. The largest absolute Gasteiger partial charge is 0.379 e. The maximum Gasteiger partial charge on any atom is 0.220 e. The van der Waals surface area contributed by atoms with Gasteiger partial charge in [0.25, 0.3) is 0 Å². The van der Waals surface area contributed by atoms with Gasteiger partial charge in [0.05, 0.1) is 19.8 Å². The van der Waals surface area contributed by atoms with E-state index in [2.05, 4.69) is 17.6 Å². The summed E-state index contributed by atoms with van der Waals surface area (Å²) < 4.78 is 10.5. The Morgan fingerprint density at radius 1 is 0.630 bits per heavy atom. The molecule has 0 saturated carbocycles. The SMILES string of the molecule is CCCCCCCCCCC(=O)NCCCC(=O)NCCOCCOCC. The minimum atomic E-state index is 0.000676. The summed E-state index contributed by atoms with van der Waals surface area (Å²) in [6.07, 6.45) is 11.6. The number of ether oxygens (including phenoxy) is 2. The van der Waals surface area contributed by atoms with Crippen molar-refractivity contribution in [2.24, 2.45) is 0 Å². The van der Waals surface area contributed by atoms with Crippen molar-refractivity contribution in [3.63, 3.8) is 0 Å². The van der Waals surface area contributed by atoms with Gasteiger partial charge in [-0.05, 0) is 19.8 Å². The number of nitrogens with one attached hydrogen (secondary N) is 2. The van der Waals surface area contributed by atoms with Crippen LogP contribution in [0.25, 0.3) is 0 Å². The van der Waals surface area contributed by atoms with Gasteiger partial charge in [-0.3, -0.25) is 9.59 Å². The van der Waals surface area contributed by atoms with Crippen LogP contribution >= 0.6 is 0 Å². The van der Waals surface area contributed by atoms with Gasteiger partial charge in [0, 0.05) is 32.5 Å². The van der Waals surface area contributed by atoms with Gasteiger partial charge >= 0.3 is 0 Å². The zero-order valence-electron chi connectivity index (χ0n) is 17.7. The van der Waals surface area contributed by atoms with E-state index in [1.165, 1.54) is 38.5 Å². The summed E-state index contributed by atoms with van der Waals surface area (Å²) in [6.45, 7) is 7.57. The Bertz CT molecular complexity index is 351. The summed E-state index contributed by atoms with van der Waals surface area (Å²) >= 11 is 0. The Kier molecular flexibility index (Phi) is 20.3. The Hall–Kier alpha value is -1.14. The van der Waals surface area contributed by atoms with Crippen molar-refractivity contribution in [3.8, 4) is 0 Å². The molecule has 2 amide bonds. The first-order valence-electron chi connectivity index (χ1n) is 10.9. The van der Waals surface area contributed by atoms with Crippen LogP contribution in [0.4, 0.5) is 0 Å². The van der Waals surface area contributed by atoms with Crippen molar-refractivity contribution in [1.29, 1.82) is 0 Å². The number of hydrogen-bond acceptors (Lipinski definition) is 4. The van der Waals surface area contributed by atoms with Crippen LogP contribution in [0.15, 0.2) is 0 Å². The van der Waals surface area contributed by atoms with E-state index in [4.69, 9.17) is 9.47 Å². The monoisotopic (exact) mass is 386 g/mol. The first kappa shape index (κ1) is 25.9. The van der Waals surface area contributed by atoms with E-state index in [0.717, 1.165) is 12.8 Å². The van der Waals surface area contributed by atoms with Crippen LogP contribution in [0.5, 0.6) is 0 Å². The molecule has 27 heavy (non-hydrogen) atoms. The first-order chi connectivity index (χ1) is 13.2. The molecular formula is C21H42N2O4. The van der Waals surface area contributed by atoms with Crippen molar-refractivity contribution in [2.75, 3.05) is 39.5 Å². The molecule has 0 atom stereocenters. The molecule has 0 aromatic carbocycles. The van der Waals surface area contributed by atoms with Gasteiger partial charge in [-0.15, -0.1) is 0 Å². The van der Waals surface area contributed by atoms with Crippen molar-refractivity contribution in [2.45, 2.75) is 84.5 Å². The molecule has 160 valence electrons. The number of hydrogen-bond donors (Lipinski definition) is 2. The minimum Gasteiger partial charge on any atom is -0.379 e. The molecule has 0 radical (unpaired) electrons. The Morgan fingerprint density at radius 2 is 1.19 bits per heavy atom. The molecule has 0 heterocycles. The quantitative estimate of drug-likeness (QED) is 0.314. The van der Waals surface area contributed by atoms with E-state index in [1.54, 1.807) is 0 Å². The predicted octanol–water partition coefficient (Wildman–Crippen LogP) is 3.58. The minimum absolute atomic E-state index is 0.000676. The number of unbranched alkanes of at least 4 members (excludes halogenated alkanes) is 7. The van der Waals surface area contributed by atoms with E-state index in [9.17, 15) is 9.59 Å². The van der Waals surface area contributed by atoms with Crippen molar-refractivity contribution < 1.29 is 19.1 Å². The molecule has 2 N–H and O–H groups in total. The van der Waals surface area contributed by atoms with Crippen LogP contribution in [-0.2, 0) is 19.1 Å². The molecule has 6 nitrogen and oxygen atoms in total. The second-order valence-corrected chi connectivity index (χ2v) is 6.84. The molecule has 0 aliphatic carbocycles. The second kappa shape index (κ2) is 21.2. The summed E-state index contributed by atoms with van der Waals surface area (Å²) in [5.41, 5.74) is 0. The highest BCUT2D eigenvalue weighted by molar-refractivity contribution is 5.77. The lowest BCUT2D eigenvalue weighted by molar-refractivity contribution is -0.123. The van der Waals surface area contributed by atoms with Gasteiger partial charge < -0.3 is 20.1 Å². The van der Waals surface area contributed by atoms with Crippen LogP contribution in [0.1, 0.15) is 84.5 Å². The van der Waals surface area contributed by atoms with Crippen LogP contribution in [0, 0.1) is 0 Å². The molecule has 0 aromatic rings. The van der Waals surface area contributed by atoms with E-state index >= 15 is 0 Å². The summed E-state index contributed by atoms with van der Waals surface area (Å²) in [5.74, 6) is 0.102. The molecule has 0 fully saturated rings. The van der Waals surface area contributed by atoms with Crippen molar-refractivity contribution in [3.05, 3.63) is 0 Å². The van der Waals surface area contributed by atoms with Gasteiger partial charge in [0.15, 0.2) is 0 Å². The van der Waals surface area contributed by atoms with Crippen LogP contribution < -0.4 is 10.6 Å². The zero-order chi connectivity index (χ0) is 20.0. The molecule has 0 bridgehead atoms. The number of rotatable bonds is 20. The second-order valence-electron chi connectivity index (χ2n) is 6.84. The lowest BCUT2D eigenvalue weighted by atomic mass is 10.1. The topological polar surface area (TPSA) is 76.7 Å².